The van der Waals surface area contributed by atoms with Crippen LogP contribution in [0.15, 0.2) is 0 Å². The first-order chi connectivity index (χ1) is 14.7. The van der Waals surface area contributed by atoms with Gasteiger partial charge in [-0.2, -0.15) is 26.3 Å². The van der Waals surface area contributed by atoms with Gasteiger partial charge in [0.15, 0.2) is 0 Å². The molecule has 0 aromatic rings. The molecular weight excluding hydrogens is 454 g/mol. The van der Waals surface area contributed by atoms with Crippen LogP contribution in [0.1, 0.15) is 79.6 Å². The Morgan fingerprint density at radius 3 is 1.85 bits per heavy atom. The highest BCUT2D eigenvalue weighted by atomic mass is 19.4. The minimum atomic E-state index is -5.94. The molecule has 0 heterocycles. The standard InChI is InChI=1S/C23H34F6O4/c1-6-17(2,3)16(30)33-20-10-14-7-15(11-20)9-19(8-14,12-20)18(4,5)32-13-21(31,22(24,25)26)23(27,28)29/h14-15,31H,6-13H2,1-5H3. The van der Waals surface area contributed by atoms with Crippen LogP contribution in [0, 0.1) is 22.7 Å². The van der Waals surface area contributed by atoms with Crippen LogP contribution in [0.2, 0.25) is 0 Å². The molecule has 33 heavy (non-hydrogen) atoms. The molecule has 0 aromatic carbocycles. The van der Waals surface area contributed by atoms with Crippen molar-refractivity contribution < 1.29 is 45.7 Å². The van der Waals surface area contributed by atoms with Crippen LogP contribution in [0.25, 0.3) is 0 Å². The number of halogens is 6. The molecule has 4 rings (SSSR count). The fourth-order valence-electron chi connectivity index (χ4n) is 6.24. The van der Waals surface area contributed by atoms with Crippen molar-refractivity contribution in [1.82, 2.24) is 0 Å². The van der Waals surface area contributed by atoms with E-state index in [1.54, 1.807) is 13.8 Å². The topological polar surface area (TPSA) is 55.8 Å². The van der Waals surface area contributed by atoms with Crippen LogP contribution in [0.5, 0.6) is 0 Å². The Kier molecular flexibility index (Phi) is 6.23. The molecule has 1 N–H and O–H groups in total. The van der Waals surface area contributed by atoms with Crippen molar-refractivity contribution in [2.45, 2.75) is 109 Å². The van der Waals surface area contributed by atoms with E-state index in [-0.39, 0.29) is 17.8 Å². The summed E-state index contributed by atoms with van der Waals surface area (Å²) in [5.74, 6) is -0.0455. The van der Waals surface area contributed by atoms with Gasteiger partial charge >= 0.3 is 18.3 Å². The maximum Gasteiger partial charge on any atom is 0.428 e. The van der Waals surface area contributed by atoms with Crippen LogP contribution in [-0.4, -0.2) is 46.8 Å². The molecule has 0 amide bonds. The van der Waals surface area contributed by atoms with Gasteiger partial charge < -0.3 is 14.6 Å². The second-order valence-electron chi connectivity index (χ2n) is 11.7. The molecule has 192 valence electrons. The second kappa shape index (κ2) is 7.73. The number of rotatable bonds is 7. The molecule has 0 radical (unpaired) electrons. The molecule has 4 bridgehead atoms. The molecular formula is C23H34F6O4. The maximum absolute atomic E-state index is 13.2. The molecule has 0 aromatic heterocycles. The third-order valence-corrected chi connectivity index (χ3v) is 8.61. The number of hydrogen-bond donors (Lipinski definition) is 1. The lowest BCUT2D eigenvalue weighted by atomic mass is 9.44. The molecule has 0 spiro atoms. The fourth-order valence-corrected chi connectivity index (χ4v) is 6.24. The van der Waals surface area contributed by atoms with Crippen LogP contribution >= 0.6 is 0 Å². The van der Waals surface area contributed by atoms with Gasteiger partial charge in [0.25, 0.3) is 5.60 Å². The SMILES string of the molecule is CCC(C)(C)C(=O)OC12CC3CC(C1)CC(C(C)(C)OCC(O)(C(F)(F)F)C(F)(F)F)(C3)C2. The van der Waals surface area contributed by atoms with Gasteiger partial charge in [0.05, 0.1) is 17.6 Å². The fraction of sp³-hybridized carbons (Fsp3) is 0.957. The Labute approximate surface area is 190 Å². The summed E-state index contributed by atoms with van der Waals surface area (Å²) < 4.78 is 90.5. The predicted octanol–water partition coefficient (Wildman–Crippen LogP) is 5.96. The lowest BCUT2D eigenvalue weighted by molar-refractivity contribution is -0.386. The summed E-state index contributed by atoms with van der Waals surface area (Å²) in [6.45, 7) is 6.47. The van der Waals surface area contributed by atoms with Gasteiger partial charge in [-0.15, -0.1) is 0 Å². The van der Waals surface area contributed by atoms with Crippen molar-refractivity contribution in [3.05, 3.63) is 0 Å². The maximum atomic E-state index is 13.2. The van der Waals surface area contributed by atoms with Gasteiger partial charge in [-0.25, -0.2) is 0 Å². The van der Waals surface area contributed by atoms with Crippen molar-refractivity contribution in [2.75, 3.05) is 6.61 Å². The third-order valence-electron chi connectivity index (χ3n) is 8.61. The number of esters is 1. The van der Waals surface area contributed by atoms with E-state index < -0.39 is 46.6 Å². The molecule has 2 atom stereocenters. The van der Waals surface area contributed by atoms with E-state index in [0.29, 0.717) is 38.5 Å². The van der Waals surface area contributed by atoms with Gasteiger partial charge in [0.2, 0.25) is 0 Å². The van der Waals surface area contributed by atoms with Crippen molar-refractivity contribution >= 4 is 5.97 Å². The zero-order valence-corrected chi connectivity index (χ0v) is 19.8. The van der Waals surface area contributed by atoms with Crippen LogP contribution < -0.4 is 0 Å². The zero-order valence-electron chi connectivity index (χ0n) is 19.8. The van der Waals surface area contributed by atoms with Gasteiger partial charge in [-0.3, -0.25) is 4.79 Å². The van der Waals surface area contributed by atoms with Crippen molar-refractivity contribution in [3.8, 4) is 0 Å². The first kappa shape index (κ1) is 26.6. The lowest BCUT2D eigenvalue weighted by Crippen LogP contribution is -2.66. The van der Waals surface area contributed by atoms with Crippen LogP contribution in [0.3, 0.4) is 0 Å². The van der Waals surface area contributed by atoms with E-state index in [4.69, 9.17) is 9.47 Å². The third kappa shape index (κ3) is 4.39. The molecule has 4 saturated carbocycles. The highest BCUT2D eigenvalue weighted by Crippen LogP contribution is 2.67. The number of carbonyl (C=O) groups is 1. The Morgan fingerprint density at radius 1 is 0.939 bits per heavy atom. The van der Waals surface area contributed by atoms with E-state index in [0.717, 1.165) is 6.42 Å². The number of hydrogen-bond acceptors (Lipinski definition) is 4. The van der Waals surface area contributed by atoms with Crippen molar-refractivity contribution in [3.63, 3.8) is 0 Å². The summed E-state index contributed by atoms with van der Waals surface area (Å²) in [7, 11) is 0. The first-order valence-corrected chi connectivity index (χ1v) is 11.4. The molecule has 2 unspecified atom stereocenters. The van der Waals surface area contributed by atoms with E-state index >= 15 is 0 Å². The Morgan fingerprint density at radius 2 is 1.42 bits per heavy atom. The highest BCUT2D eigenvalue weighted by molar-refractivity contribution is 5.76. The van der Waals surface area contributed by atoms with Gasteiger partial charge in [0.1, 0.15) is 5.60 Å². The Bertz CT molecular complexity index is 742. The van der Waals surface area contributed by atoms with Gasteiger partial charge in [0, 0.05) is 5.41 Å². The number of aliphatic hydroxyl groups is 1. The summed E-state index contributed by atoms with van der Waals surface area (Å²) in [6, 6.07) is 0. The molecule has 4 nitrogen and oxygen atoms in total. The quantitative estimate of drug-likeness (QED) is 0.355. The lowest BCUT2D eigenvalue weighted by Gasteiger charge is -2.65. The van der Waals surface area contributed by atoms with Gasteiger partial charge in [-0.05, 0) is 84.5 Å². The predicted molar refractivity (Wildman–Crippen MR) is 107 cm³/mol. The van der Waals surface area contributed by atoms with E-state index in [1.165, 1.54) is 13.8 Å². The number of carbonyl (C=O) groups excluding carboxylic acids is 1. The molecule has 4 fully saturated rings. The Balaban J connectivity index is 1.87. The molecule has 0 saturated heterocycles. The van der Waals surface area contributed by atoms with Crippen LogP contribution in [0.4, 0.5) is 26.3 Å². The van der Waals surface area contributed by atoms with E-state index in [9.17, 15) is 36.2 Å². The summed E-state index contributed by atoms with van der Waals surface area (Å²) in [5, 5.41) is 9.57. The Hall–Kier alpha value is -1.03. The second-order valence-corrected chi connectivity index (χ2v) is 11.7. The zero-order chi connectivity index (χ0) is 25.3. The van der Waals surface area contributed by atoms with Crippen molar-refractivity contribution in [1.29, 1.82) is 0 Å². The van der Waals surface area contributed by atoms with E-state index in [2.05, 4.69) is 0 Å². The summed E-state index contributed by atoms with van der Waals surface area (Å²) in [4.78, 5) is 12.9. The molecule has 4 aliphatic rings. The van der Waals surface area contributed by atoms with Crippen LogP contribution in [-0.2, 0) is 14.3 Å². The summed E-state index contributed by atoms with van der Waals surface area (Å²) in [5.41, 5.74) is -8.62. The smallest absolute Gasteiger partial charge is 0.428 e. The highest BCUT2D eigenvalue weighted by Gasteiger charge is 2.72. The largest absolute Gasteiger partial charge is 0.459 e. The summed E-state index contributed by atoms with van der Waals surface area (Å²) >= 11 is 0. The van der Waals surface area contributed by atoms with E-state index in [1.807, 2.05) is 6.92 Å². The average Bonchev–Trinajstić information content (AvgIpc) is 2.62. The minimum absolute atomic E-state index is 0.149. The first-order valence-electron chi connectivity index (χ1n) is 11.4. The van der Waals surface area contributed by atoms with Crippen molar-refractivity contribution in [2.24, 2.45) is 22.7 Å². The molecule has 10 heteroatoms. The van der Waals surface area contributed by atoms with Gasteiger partial charge in [-0.1, -0.05) is 6.92 Å². The molecule has 4 aliphatic carbocycles. The molecule has 0 aliphatic heterocycles. The number of ether oxygens (including phenoxy) is 2. The monoisotopic (exact) mass is 488 g/mol. The number of alkyl halides is 6. The average molecular weight is 489 g/mol. The normalized spacial score (nSPS) is 32.8. The summed E-state index contributed by atoms with van der Waals surface area (Å²) in [6.07, 6.45) is -7.67. The minimum Gasteiger partial charge on any atom is -0.459 e.